The van der Waals surface area contributed by atoms with Gasteiger partial charge in [0.1, 0.15) is 5.75 Å². The molecule has 0 spiro atoms. The van der Waals surface area contributed by atoms with Crippen molar-refractivity contribution in [1.29, 1.82) is 5.26 Å². The SMILES string of the molecule is CCOc1cc(-c2nnc(SCCOc3ccc(C#N)cc3)o2)cc(OCC)c1OCC. The van der Waals surface area contributed by atoms with Crippen LogP contribution < -0.4 is 18.9 Å². The lowest BCUT2D eigenvalue weighted by atomic mass is 10.2. The summed E-state index contributed by atoms with van der Waals surface area (Å²) in [6.45, 7) is 7.64. The van der Waals surface area contributed by atoms with Gasteiger partial charge in [0.05, 0.1) is 38.1 Å². The van der Waals surface area contributed by atoms with Crippen LogP contribution in [0, 0.1) is 11.3 Å². The standard InChI is InChI=1S/C23H25N3O5S/c1-4-27-19-13-17(14-20(28-5-2)21(19)29-6-3)22-25-26-23(31-22)32-12-11-30-18-9-7-16(15-24)8-10-18/h7-10,13-14H,4-6,11-12H2,1-3H3. The third-order valence-electron chi connectivity index (χ3n) is 4.12. The molecule has 1 aromatic heterocycles. The summed E-state index contributed by atoms with van der Waals surface area (Å²) in [6.07, 6.45) is 0. The van der Waals surface area contributed by atoms with Crippen molar-refractivity contribution in [3.63, 3.8) is 0 Å². The lowest BCUT2D eigenvalue weighted by Crippen LogP contribution is -2.03. The summed E-state index contributed by atoms with van der Waals surface area (Å²) in [4.78, 5) is 0. The van der Waals surface area contributed by atoms with E-state index in [1.807, 2.05) is 32.9 Å². The van der Waals surface area contributed by atoms with E-state index in [2.05, 4.69) is 16.3 Å². The van der Waals surface area contributed by atoms with E-state index in [9.17, 15) is 0 Å². The Morgan fingerprint density at radius 2 is 1.56 bits per heavy atom. The molecule has 8 nitrogen and oxygen atoms in total. The van der Waals surface area contributed by atoms with Gasteiger partial charge in [0.25, 0.3) is 5.22 Å². The minimum Gasteiger partial charge on any atom is -0.493 e. The monoisotopic (exact) mass is 455 g/mol. The lowest BCUT2D eigenvalue weighted by Gasteiger charge is -2.16. The van der Waals surface area contributed by atoms with Crippen LogP contribution in [-0.2, 0) is 0 Å². The second-order valence-electron chi connectivity index (χ2n) is 6.31. The number of nitrogens with zero attached hydrogens (tertiary/aromatic N) is 3. The Morgan fingerprint density at radius 1 is 0.906 bits per heavy atom. The first-order valence-corrected chi connectivity index (χ1v) is 11.3. The minimum absolute atomic E-state index is 0.366. The molecule has 1 heterocycles. The molecule has 0 fully saturated rings. The van der Waals surface area contributed by atoms with Crippen molar-refractivity contribution < 1.29 is 23.4 Å². The summed E-state index contributed by atoms with van der Waals surface area (Å²) in [5, 5.41) is 17.5. The van der Waals surface area contributed by atoms with E-state index < -0.39 is 0 Å². The molecule has 2 aromatic carbocycles. The molecule has 32 heavy (non-hydrogen) atoms. The van der Waals surface area contributed by atoms with Crippen molar-refractivity contribution in [3.8, 4) is 40.5 Å². The molecule has 3 aromatic rings. The lowest BCUT2D eigenvalue weighted by molar-refractivity contribution is 0.261. The van der Waals surface area contributed by atoms with E-state index in [-0.39, 0.29) is 0 Å². The van der Waals surface area contributed by atoms with E-state index in [0.717, 1.165) is 0 Å². The van der Waals surface area contributed by atoms with Gasteiger partial charge >= 0.3 is 0 Å². The molecule has 0 atom stereocenters. The van der Waals surface area contributed by atoms with Crippen LogP contribution in [0.1, 0.15) is 26.3 Å². The molecule has 0 aliphatic heterocycles. The quantitative estimate of drug-likeness (QED) is 0.277. The van der Waals surface area contributed by atoms with E-state index >= 15 is 0 Å². The Balaban J connectivity index is 1.66. The predicted molar refractivity (Wildman–Crippen MR) is 121 cm³/mol. The van der Waals surface area contributed by atoms with Crippen molar-refractivity contribution in [2.24, 2.45) is 0 Å². The van der Waals surface area contributed by atoms with Crippen LogP contribution in [-0.4, -0.2) is 42.4 Å². The van der Waals surface area contributed by atoms with Gasteiger partial charge in [0, 0.05) is 11.3 Å². The second-order valence-corrected chi connectivity index (χ2v) is 7.35. The Morgan fingerprint density at radius 3 is 2.16 bits per heavy atom. The van der Waals surface area contributed by atoms with Gasteiger partial charge in [-0.3, -0.25) is 0 Å². The predicted octanol–water partition coefficient (Wildman–Crippen LogP) is 4.98. The Kier molecular flexibility index (Phi) is 8.63. The van der Waals surface area contributed by atoms with E-state index in [1.54, 1.807) is 24.3 Å². The van der Waals surface area contributed by atoms with Crippen molar-refractivity contribution in [2.75, 3.05) is 32.2 Å². The third-order valence-corrected chi connectivity index (χ3v) is 4.91. The number of thioether (sulfide) groups is 1. The first kappa shape index (κ1) is 23.3. The van der Waals surface area contributed by atoms with Crippen LogP contribution in [0.15, 0.2) is 46.0 Å². The Labute approximate surface area is 191 Å². The smallest absolute Gasteiger partial charge is 0.276 e. The average molecular weight is 456 g/mol. The molecule has 0 aliphatic carbocycles. The fourth-order valence-corrected chi connectivity index (χ4v) is 3.39. The maximum Gasteiger partial charge on any atom is 0.276 e. The highest BCUT2D eigenvalue weighted by molar-refractivity contribution is 7.99. The number of ether oxygens (including phenoxy) is 4. The highest BCUT2D eigenvalue weighted by Gasteiger charge is 2.19. The molecule has 0 amide bonds. The summed E-state index contributed by atoms with van der Waals surface area (Å²) in [7, 11) is 0. The van der Waals surface area contributed by atoms with Gasteiger partial charge in [-0.2, -0.15) is 5.26 Å². The van der Waals surface area contributed by atoms with Gasteiger partial charge in [-0.15, -0.1) is 10.2 Å². The molecule has 0 aliphatic rings. The first-order valence-electron chi connectivity index (χ1n) is 10.3. The van der Waals surface area contributed by atoms with Crippen molar-refractivity contribution in [2.45, 2.75) is 26.0 Å². The number of hydrogen-bond donors (Lipinski definition) is 0. The fraction of sp³-hybridized carbons (Fsp3) is 0.348. The highest BCUT2D eigenvalue weighted by atomic mass is 32.2. The van der Waals surface area contributed by atoms with Crippen LogP contribution >= 0.6 is 11.8 Å². The zero-order valence-corrected chi connectivity index (χ0v) is 19.1. The number of hydrogen-bond acceptors (Lipinski definition) is 9. The van der Waals surface area contributed by atoms with Crippen molar-refractivity contribution in [3.05, 3.63) is 42.0 Å². The third kappa shape index (κ3) is 6.08. The number of nitriles is 1. The topological polar surface area (TPSA) is 99.6 Å². The zero-order chi connectivity index (χ0) is 22.8. The number of rotatable bonds is 12. The second kappa shape index (κ2) is 11.9. The maximum atomic E-state index is 8.84. The van der Waals surface area contributed by atoms with Gasteiger partial charge in [-0.1, -0.05) is 11.8 Å². The molecule has 0 unspecified atom stereocenters. The van der Waals surface area contributed by atoms with E-state index in [0.29, 0.717) is 77.4 Å². The molecule has 0 bridgehead atoms. The Hall–Kier alpha value is -3.38. The van der Waals surface area contributed by atoms with Crippen molar-refractivity contribution >= 4 is 11.8 Å². The number of benzene rings is 2. The van der Waals surface area contributed by atoms with E-state index in [4.69, 9.17) is 28.6 Å². The van der Waals surface area contributed by atoms with Crippen molar-refractivity contribution in [1.82, 2.24) is 10.2 Å². The van der Waals surface area contributed by atoms with E-state index in [1.165, 1.54) is 11.8 Å². The van der Waals surface area contributed by atoms with Gasteiger partial charge in [0.2, 0.25) is 11.6 Å². The largest absolute Gasteiger partial charge is 0.493 e. The summed E-state index contributed by atoms with van der Waals surface area (Å²) < 4.78 is 28.7. The van der Waals surface area contributed by atoms with Crippen LogP contribution in [0.2, 0.25) is 0 Å². The molecule has 9 heteroatoms. The van der Waals surface area contributed by atoms with Gasteiger partial charge in [-0.25, -0.2) is 0 Å². The van der Waals surface area contributed by atoms with Gasteiger partial charge < -0.3 is 23.4 Å². The minimum atomic E-state index is 0.366. The Bertz CT molecular complexity index is 1020. The van der Waals surface area contributed by atoms with Crippen LogP contribution in [0.25, 0.3) is 11.5 Å². The molecular weight excluding hydrogens is 430 g/mol. The fourth-order valence-electron chi connectivity index (χ4n) is 2.81. The molecule has 3 rings (SSSR count). The molecule has 0 radical (unpaired) electrons. The summed E-state index contributed by atoms with van der Waals surface area (Å²) >= 11 is 1.40. The highest BCUT2D eigenvalue weighted by Crippen LogP contribution is 2.42. The normalized spacial score (nSPS) is 10.4. The molecule has 0 N–H and O–H groups in total. The molecular formula is C23H25N3O5S. The average Bonchev–Trinajstić information content (AvgIpc) is 3.28. The van der Waals surface area contributed by atoms with Gasteiger partial charge in [-0.05, 0) is 57.2 Å². The number of aromatic nitrogens is 2. The molecule has 0 saturated carbocycles. The van der Waals surface area contributed by atoms with Crippen LogP contribution in [0.4, 0.5) is 0 Å². The summed E-state index contributed by atoms with van der Waals surface area (Å²) in [5.74, 6) is 3.40. The van der Waals surface area contributed by atoms with Crippen LogP contribution in [0.5, 0.6) is 23.0 Å². The summed E-state index contributed by atoms with van der Waals surface area (Å²) in [5.41, 5.74) is 1.29. The van der Waals surface area contributed by atoms with Crippen LogP contribution in [0.3, 0.4) is 0 Å². The first-order chi connectivity index (χ1) is 15.7. The molecule has 168 valence electrons. The zero-order valence-electron chi connectivity index (χ0n) is 18.3. The molecule has 0 saturated heterocycles. The van der Waals surface area contributed by atoms with Gasteiger partial charge in [0.15, 0.2) is 11.5 Å². The maximum absolute atomic E-state index is 8.84. The summed E-state index contributed by atoms with van der Waals surface area (Å²) in [6, 6.07) is 12.7.